The van der Waals surface area contributed by atoms with E-state index < -0.39 is 0 Å². The van der Waals surface area contributed by atoms with E-state index in [0.717, 1.165) is 24.7 Å². The van der Waals surface area contributed by atoms with Gasteiger partial charge in [0, 0.05) is 11.1 Å². The fraction of sp³-hybridized carbons (Fsp3) is 0.769. The summed E-state index contributed by atoms with van der Waals surface area (Å²) in [5, 5.41) is 12.2. The van der Waals surface area contributed by atoms with Gasteiger partial charge in [0.2, 0.25) is 0 Å². The van der Waals surface area contributed by atoms with Crippen molar-refractivity contribution >= 4 is 0 Å². The van der Waals surface area contributed by atoms with Crippen molar-refractivity contribution in [2.24, 2.45) is 5.92 Å². The van der Waals surface area contributed by atoms with Crippen LogP contribution < -0.4 is 0 Å². The maximum absolute atomic E-state index is 10.6. The van der Waals surface area contributed by atoms with Gasteiger partial charge in [-0.1, -0.05) is 56.9 Å². The molecule has 3 rings (SSSR count). The molecular formula is C26H43NO. The second-order valence-corrected chi connectivity index (χ2v) is 10.9. The second-order valence-electron chi connectivity index (χ2n) is 10.9. The Morgan fingerprint density at radius 2 is 1.32 bits per heavy atom. The molecule has 0 amide bonds. The van der Waals surface area contributed by atoms with Crippen LogP contribution in [0.4, 0.5) is 0 Å². The van der Waals surface area contributed by atoms with Gasteiger partial charge in [-0.15, -0.1) is 0 Å². The lowest BCUT2D eigenvalue weighted by molar-refractivity contribution is -0.245. The summed E-state index contributed by atoms with van der Waals surface area (Å²) in [5.74, 6) is 2.27. The predicted octanol–water partition coefficient (Wildman–Crippen LogP) is 7.67. The van der Waals surface area contributed by atoms with Crippen LogP contribution in [0.5, 0.6) is 0 Å². The van der Waals surface area contributed by atoms with Crippen LogP contribution in [-0.4, -0.2) is 21.3 Å². The monoisotopic (exact) mass is 385 g/mol. The number of unbranched alkanes of at least 4 members (excludes halogenated alkanes) is 2. The maximum Gasteiger partial charge on any atom is 0.0416 e. The molecule has 1 aliphatic carbocycles. The summed E-state index contributed by atoms with van der Waals surface area (Å²) in [4.78, 5) is 0. The van der Waals surface area contributed by atoms with Gasteiger partial charge in [0.05, 0.1) is 0 Å². The fourth-order valence-corrected chi connectivity index (χ4v) is 6.01. The molecule has 1 aromatic carbocycles. The van der Waals surface area contributed by atoms with E-state index in [9.17, 15) is 5.21 Å². The Kier molecular flexibility index (Phi) is 6.92. The smallest absolute Gasteiger partial charge is 0.0416 e. The summed E-state index contributed by atoms with van der Waals surface area (Å²) in [5.41, 5.74) is 2.64. The Balaban J connectivity index is 1.59. The highest BCUT2D eigenvalue weighted by Crippen LogP contribution is 2.45. The molecule has 0 unspecified atom stereocenters. The highest BCUT2D eigenvalue weighted by atomic mass is 16.5. The van der Waals surface area contributed by atoms with Crippen LogP contribution in [0.15, 0.2) is 24.3 Å². The summed E-state index contributed by atoms with van der Waals surface area (Å²) in [6, 6.07) is 9.57. The van der Waals surface area contributed by atoms with Crippen LogP contribution >= 0.6 is 0 Å². The van der Waals surface area contributed by atoms with Crippen LogP contribution in [0.2, 0.25) is 0 Å². The van der Waals surface area contributed by atoms with Crippen LogP contribution in [0.25, 0.3) is 0 Å². The van der Waals surface area contributed by atoms with E-state index in [4.69, 9.17) is 0 Å². The average molecular weight is 386 g/mol. The third-order valence-corrected chi connectivity index (χ3v) is 7.58. The van der Waals surface area contributed by atoms with Crippen molar-refractivity contribution in [3.8, 4) is 0 Å². The highest BCUT2D eigenvalue weighted by molar-refractivity contribution is 5.29. The van der Waals surface area contributed by atoms with Gasteiger partial charge in [0.1, 0.15) is 0 Å². The Labute approximate surface area is 173 Å². The fourth-order valence-electron chi connectivity index (χ4n) is 6.01. The zero-order valence-corrected chi connectivity index (χ0v) is 19.0. The van der Waals surface area contributed by atoms with E-state index in [0.29, 0.717) is 5.92 Å². The normalized spacial score (nSPS) is 28.4. The van der Waals surface area contributed by atoms with Crippen molar-refractivity contribution in [2.45, 2.75) is 122 Å². The number of hydrogen-bond donors (Lipinski definition) is 1. The van der Waals surface area contributed by atoms with Gasteiger partial charge < -0.3 is 5.21 Å². The molecule has 1 heterocycles. The molecule has 0 aromatic heterocycles. The Morgan fingerprint density at radius 3 is 1.82 bits per heavy atom. The van der Waals surface area contributed by atoms with Crippen molar-refractivity contribution in [1.29, 1.82) is 0 Å². The maximum atomic E-state index is 10.6. The third kappa shape index (κ3) is 5.00. The Morgan fingerprint density at radius 1 is 0.821 bits per heavy atom. The number of benzene rings is 1. The van der Waals surface area contributed by atoms with Crippen molar-refractivity contribution in [3.05, 3.63) is 35.4 Å². The van der Waals surface area contributed by atoms with Crippen LogP contribution in [0.1, 0.15) is 122 Å². The number of hydrogen-bond acceptors (Lipinski definition) is 2. The first-order chi connectivity index (χ1) is 13.2. The lowest BCUT2D eigenvalue weighted by Gasteiger charge is -2.51. The standard InChI is InChI=1S/C26H43NO/c1-6-7-8-9-20-10-12-21(13-11-20)22-14-16-23(17-15-22)24-18-25(2,3)27(28)26(4,5)19-24/h14-17,20-21,24,28H,6-13,18-19H2,1-5H3. The first-order valence-corrected chi connectivity index (χ1v) is 11.8. The number of hydroxylamine groups is 2. The first kappa shape index (κ1) is 21.8. The van der Waals surface area contributed by atoms with Crippen molar-refractivity contribution in [2.75, 3.05) is 0 Å². The molecule has 1 saturated carbocycles. The van der Waals surface area contributed by atoms with E-state index >= 15 is 0 Å². The molecular weight excluding hydrogens is 342 g/mol. The van der Waals surface area contributed by atoms with Crippen LogP contribution in [0, 0.1) is 5.92 Å². The van der Waals surface area contributed by atoms with Gasteiger partial charge in [-0.05, 0) is 95.1 Å². The summed E-state index contributed by atoms with van der Waals surface area (Å²) in [7, 11) is 0. The molecule has 2 heteroatoms. The molecule has 1 aliphatic heterocycles. The summed E-state index contributed by atoms with van der Waals surface area (Å²) < 4.78 is 0. The van der Waals surface area contributed by atoms with Gasteiger partial charge in [0.25, 0.3) is 0 Å². The van der Waals surface area contributed by atoms with Gasteiger partial charge in [-0.2, -0.15) is 5.06 Å². The summed E-state index contributed by atoms with van der Waals surface area (Å²) in [6.07, 6.45) is 13.2. The number of rotatable bonds is 6. The van der Waals surface area contributed by atoms with Crippen molar-refractivity contribution in [1.82, 2.24) is 5.06 Å². The van der Waals surface area contributed by atoms with Gasteiger partial charge >= 0.3 is 0 Å². The van der Waals surface area contributed by atoms with Crippen LogP contribution in [-0.2, 0) is 0 Å². The minimum Gasteiger partial charge on any atom is -0.313 e. The average Bonchev–Trinajstić information content (AvgIpc) is 2.66. The van der Waals surface area contributed by atoms with Crippen LogP contribution in [0.3, 0.4) is 0 Å². The summed E-state index contributed by atoms with van der Waals surface area (Å²) >= 11 is 0. The van der Waals surface area contributed by atoms with E-state index in [1.807, 2.05) is 0 Å². The van der Waals surface area contributed by atoms with Gasteiger partial charge in [-0.25, -0.2) is 0 Å². The zero-order valence-electron chi connectivity index (χ0n) is 19.0. The number of nitrogens with zero attached hydrogens (tertiary/aromatic N) is 1. The predicted molar refractivity (Wildman–Crippen MR) is 119 cm³/mol. The quantitative estimate of drug-likeness (QED) is 0.508. The largest absolute Gasteiger partial charge is 0.313 e. The molecule has 1 saturated heterocycles. The molecule has 1 aromatic rings. The SMILES string of the molecule is CCCCCC1CCC(c2ccc(C3CC(C)(C)N(O)C(C)(C)C3)cc2)CC1. The molecule has 158 valence electrons. The zero-order chi connectivity index (χ0) is 20.4. The minimum absolute atomic E-state index is 0.179. The van der Waals surface area contributed by atoms with E-state index in [1.54, 1.807) is 10.6 Å². The van der Waals surface area contributed by atoms with E-state index in [1.165, 1.54) is 56.9 Å². The lowest BCUT2D eigenvalue weighted by Crippen LogP contribution is -2.58. The lowest BCUT2D eigenvalue weighted by atomic mass is 9.72. The van der Waals surface area contributed by atoms with E-state index in [-0.39, 0.29) is 11.1 Å². The highest BCUT2D eigenvalue weighted by Gasteiger charge is 2.45. The van der Waals surface area contributed by atoms with Gasteiger partial charge in [0.15, 0.2) is 0 Å². The van der Waals surface area contributed by atoms with E-state index in [2.05, 4.69) is 58.9 Å². The molecule has 28 heavy (non-hydrogen) atoms. The van der Waals surface area contributed by atoms with Crippen molar-refractivity contribution in [3.63, 3.8) is 0 Å². The van der Waals surface area contributed by atoms with Gasteiger partial charge in [-0.3, -0.25) is 0 Å². The molecule has 0 atom stereocenters. The molecule has 1 N–H and O–H groups in total. The Hall–Kier alpha value is -0.860. The molecule has 2 aliphatic rings. The van der Waals surface area contributed by atoms with Crippen molar-refractivity contribution < 1.29 is 5.21 Å². The molecule has 2 nitrogen and oxygen atoms in total. The minimum atomic E-state index is -0.179. The molecule has 0 radical (unpaired) electrons. The topological polar surface area (TPSA) is 23.5 Å². The molecule has 0 bridgehead atoms. The molecule has 0 spiro atoms. The number of piperidine rings is 1. The Bertz CT molecular complexity index is 592. The molecule has 2 fully saturated rings. The first-order valence-electron chi connectivity index (χ1n) is 11.8. The second kappa shape index (κ2) is 8.88. The summed E-state index contributed by atoms with van der Waals surface area (Å²) in [6.45, 7) is 10.9. The third-order valence-electron chi connectivity index (χ3n) is 7.58.